The van der Waals surface area contributed by atoms with E-state index in [2.05, 4.69) is 65.1 Å². The van der Waals surface area contributed by atoms with Crippen molar-refractivity contribution in [3.05, 3.63) is 23.6 Å². The van der Waals surface area contributed by atoms with E-state index in [0.29, 0.717) is 0 Å². The lowest BCUT2D eigenvalue weighted by Crippen LogP contribution is -2.42. The second-order valence-electron chi connectivity index (χ2n) is 9.31. The fourth-order valence-corrected chi connectivity index (χ4v) is 9.94. The second kappa shape index (κ2) is 23.2. The van der Waals surface area contributed by atoms with Gasteiger partial charge >= 0.3 is 17.1 Å². The van der Waals surface area contributed by atoms with Crippen LogP contribution in [0.15, 0.2) is 23.6 Å². The summed E-state index contributed by atoms with van der Waals surface area (Å²) in [5.41, 5.74) is 4.68. The number of rotatable bonds is 25. The molecule has 0 atom stereocenters. The molecule has 202 valence electrons. The van der Waals surface area contributed by atoms with Crippen molar-refractivity contribution in [2.24, 2.45) is 0 Å². The molecule has 0 N–H and O–H groups in total. The summed E-state index contributed by atoms with van der Waals surface area (Å²) in [7, 11) is -4.67. The van der Waals surface area contributed by atoms with Crippen LogP contribution in [-0.2, 0) is 17.7 Å². The van der Waals surface area contributed by atoms with E-state index in [4.69, 9.17) is 17.7 Å². The van der Waals surface area contributed by atoms with Crippen molar-refractivity contribution in [1.82, 2.24) is 0 Å². The molecule has 0 saturated carbocycles. The Morgan fingerprint density at radius 3 is 1.03 bits per heavy atom. The number of allylic oxidation sites excluding steroid dienone is 2. The first-order valence-corrected chi connectivity index (χ1v) is 18.7. The van der Waals surface area contributed by atoms with Gasteiger partial charge in [-0.1, -0.05) is 92.2 Å². The maximum atomic E-state index is 6.48. The minimum Gasteiger partial charge on any atom is -0.391 e. The SMILES string of the molecule is CCCCC=C[Si](CCCC[Si](C=CCCCC)(OCCC)OCCC)(OCCC)OCCC. The lowest BCUT2D eigenvalue weighted by Gasteiger charge is -2.30. The molecule has 0 saturated heterocycles. The maximum absolute atomic E-state index is 6.48. The maximum Gasteiger partial charge on any atom is 0.364 e. The van der Waals surface area contributed by atoms with E-state index in [1.807, 2.05) is 0 Å². The first-order chi connectivity index (χ1) is 16.6. The van der Waals surface area contributed by atoms with E-state index in [9.17, 15) is 0 Å². The van der Waals surface area contributed by atoms with Crippen LogP contribution in [0, 0.1) is 0 Å². The van der Waals surface area contributed by atoms with E-state index in [-0.39, 0.29) is 0 Å². The van der Waals surface area contributed by atoms with E-state index < -0.39 is 17.1 Å². The van der Waals surface area contributed by atoms with Crippen molar-refractivity contribution in [2.75, 3.05) is 26.4 Å². The van der Waals surface area contributed by atoms with E-state index >= 15 is 0 Å². The average Bonchev–Trinajstić information content (AvgIpc) is 2.86. The fourth-order valence-electron chi connectivity index (χ4n) is 3.74. The molecule has 0 amide bonds. The summed E-state index contributed by atoms with van der Waals surface area (Å²) in [5, 5.41) is 0. The largest absolute Gasteiger partial charge is 0.391 e. The molecule has 0 aromatic carbocycles. The van der Waals surface area contributed by atoms with Crippen LogP contribution in [0.25, 0.3) is 0 Å². The smallest absolute Gasteiger partial charge is 0.364 e. The van der Waals surface area contributed by atoms with Gasteiger partial charge in [0.1, 0.15) is 0 Å². The zero-order valence-corrected chi connectivity index (χ0v) is 25.7. The van der Waals surface area contributed by atoms with Gasteiger partial charge in [-0.2, -0.15) is 0 Å². The highest BCUT2D eigenvalue weighted by Crippen LogP contribution is 2.26. The van der Waals surface area contributed by atoms with Crippen LogP contribution in [-0.4, -0.2) is 43.5 Å². The summed E-state index contributed by atoms with van der Waals surface area (Å²) in [6.07, 6.45) is 18.1. The topological polar surface area (TPSA) is 36.9 Å². The molecule has 0 aliphatic carbocycles. The minimum absolute atomic E-state index is 0.784. The zero-order chi connectivity index (χ0) is 25.4. The Morgan fingerprint density at radius 1 is 0.441 bits per heavy atom. The molecule has 0 aromatic rings. The predicted molar refractivity (Wildman–Crippen MR) is 153 cm³/mol. The summed E-state index contributed by atoms with van der Waals surface area (Å²) >= 11 is 0. The van der Waals surface area contributed by atoms with Crippen LogP contribution >= 0.6 is 0 Å². The zero-order valence-electron chi connectivity index (χ0n) is 23.7. The monoisotopic (exact) mass is 514 g/mol. The van der Waals surface area contributed by atoms with Crippen LogP contribution in [0.1, 0.15) is 119 Å². The van der Waals surface area contributed by atoms with Crippen LogP contribution in [0.4, 0.5) is 0 Å². The quantitative estimate of drug-likeness (QED) is 0.0900. The van der Waals surface area contributed by atoms with E-state index in [0.717, 1.165) is 89.9 Å². The first-order valence-electron chi connectivity index (χ1n) is 14.5. The molecule has 0 radical (unpaired) electrons. The van der Waals surface area contributed by atoms with Crippen molar-refractivity contribution in [1.29, 1.82) is 0 Å². The van der Waals surface area contributed by atoms with E-state index in [1.165, 1.54) is 25.7 Å². The highest BCUT2D eigenvalue weighted by Gasteiger charge is 2.37. The van der Waals surface area contributed by atoms with Crippen molar-refractivity contribution in [2.45, 2.75) is 131 Å². The van der Waals surface area contributed by atoms with Crippen molar-refractivity contribution < 1.29 is 17.7 Å². The average molecular weight is 515 g/mol. The van der Waals surface area contributed by atoms with Gasteiger partial charge < -0.3 is 17.7 Å². The summed E-state index contributed by atoms with van der Waals surface area (Å²) in [6, 6.07) is 2.03. The Balaban J connectivity index is 5.33. The molecule has 0 fully saturated rings. The third-order valence-corrected chi connectivity index (χ3v) is 12.1. The molecule has 0 bridgehead atoms. The Hall–Kier alpha value is -0.246. The molecule has 0 unspecified atom stereocenters. The lowest BCUT2D eigenvalue weighted by molar-refractivity contribution is 0.173. The normalized spacial score (nSPS) is 13.0. The molecule has 0 rings (SSSR count). The summed E-state index contributed by atoms with van der Waals surface area (Å²) in [4.78, 5) is 0. The summed E-state index contributed by atoms with van der Waals surface area (Å²) < 4.78 is 25.9. The minimum atomic E-state index is -2.34. The van der Waals surface area contributed by atoms with Gasteiger partial charge in [-0.3, -0.25) is 0 Å². The highest BCUT2D eigenvalue weighted by atomic mass is 28.4. The molecule has 4 nitrogen and oxygen atoms in total. The van der Waals surface area contributed by atoms with Gasteiger partial charge in [-0.15, -0.1) is 0 Å². The molecule has 0 spiro atoms. The van der Waals surface area contributed by atoms with Gasteiger partial charge in [0.05, 0.1) is 0 Å². The van der Waals surface area contributed by atoms with Gasteiger partial charge in [0, 0.05) is 26.4 Å². The Bertz CT molecular complexity index is 437. The molecule has 34 heavy (non-hydrogen) atoms. The third kappa shape index (κ3) is 16.4. The molecule has 0 aromatic heterocycles. The molecular weight excluding hydrogens is 456 g/mol. The highest BCUT2D eigenvalue weighted by molar-refractivity contribution is 6.73. The van der Waals surface area contributed by atoms with Crippen molar-refractivity contribution in [3.8, 4) is 0 Å². The van der Waals surface area contributed by atoms with Crippen LogP contribution in [0.3, 0.4) is 0 Å². The lowest BCUT2D eigenvalue weighted by atomic mass is 10.2. The number of unbranched alkanes of at least 4 members (excludes halogenated alkanes) is 5. The fraction of sp³-hybridized carbons (Fsp3) is 0.857. The molecule has 0 aliphatic heterocycles. The molecular formula is C28H58O4Si2. The van der Waals surface area contributed by atoms with Gasteiger partial charge in [-0.25, -0.2) is 0 Å². The third-order valence-electron chi connectivity index (χ3n) is 5.69. The Morgan fingerprint density at radius 2 is 0.765 bits per heavy atom. The van der Waals surface area contributed by atoms with Crippen LogP contribution in [0.2, 0.25) is 12.1 Å². The first kappa shape index (κ1) is 33.8. The van der Waals surface area contributed by atoms with Crippen molar-refractivity contribution in [3.63, 3.8) is 0 Å². The number of hydrogen-bond donors (Lipinski definition) is 0. The predicted octanol–water partition coefficient (Wildman–Crippen LogP) is 8.93. The Labute approximate surface area is 215 Å². The van der Waals surface area contributed by atoms with Crippen molar-refractivity contribution >= 4 is 17.1 Å². The molecule has 0 aliphatic rings. The second-order valence-corrected chi connectivity index (χ2v) is 15.4. The van der Waals surface area contributed by atoms with Crippen LogP contribution < -0.4 is 0 Å². The number of hydrogen-bond acceptors (Lipinski definition) is 4. The van der Waals surface area contributed by atoms with Gasteiger partial charge in [0.15, 0.2) is 0 Å². The Kier molecular flexibility index (Phi) is 23.0. The standard InChI is InChI=1S/C28H58O4Si2/c1-7-13-15-17-25-33(29-21-9-3,30-22-10-4)27-19-20-28-34(31-23-11-5,32-24-12-6)26-18-16-14-8-2/h17-18,25-26H,7-16,19-24,27-28H2,1-6H3. The summed E-state index contributed by atoms with van der Waals surface area (Å²) in [5.74, 6) is 0. The van der Waals surface area contributed by atoms with Gasteiger partial charge in [0.2, 0.25) is 0 Å². The van der Waals surface area contributed by atoms with Gasteiger partial charge in [-0.05, 0) is 62.0 Å². The molecule has 0 heterocycles. The van der Waals surface area contributed by atoms with Gasteiger partial charge in [0.25, 0.3) is 0 Å². The van der Waals surface area contributed by atoms with Crippen LogP contribution in [0.5, 0.6) is 0 Å². The molecule has 6 heteroatoms. The van der Waals surface area contributed by atoms with E-state index in [1.54, 1.807) is 0 Å². The summed E-state index contributed by atoms with van der Waals surface area (Å²) in [6.45, 7) is 16.3.